The fraction of sp³-hybridized carbons (Fsp3) is 0.588. The van der Waals surface area contributed by atoms with Crippen LogP contribution in [0.2, 0.25) is 0 Å². The summed E-state index contributed by atoms with van der Waals surface area (Å²) in [6.07, 6.45) is 2.22. The molecule has 1 heterocycles. The number of amides is 1. The van der Waals surface area contributed by atoms with E-state index in [1.807, 2.05) is 30.0 Å². The van der Waals surface area contributed by atoms with Crippen molar-refractivity contribution in [1.82, 2.24) is 4.90 Å². The molecule has 1 amide bonds. The van der Waals surface area contributed by atoms with Crippen LogP contribution >= 0.6 is 0 Å². The Balaban J connectivity index is 2.11. The van der Waals surface area contributed by atoms with Crippen molar-refractivity contribution in [2.24, 2.45) is 11.8 Å². The molecule has 0 radical (unpaired) electrons. The SMILES string of the molecule is COc1c(C)cccc1C(=O)N1CCC(C(C)C)CC1. The Morgan fingerprint density at radius 1 is 1.30 bits per heavy atom. The van der Waals surface area contributed by atoms with Crippen LogP contribution in [0, 0.1) is 18.8 Å². The summed E-state index contributed by atoms with van der Waals surface area (Å²) in [6.45, 7) is 8.23. The Hall–Kier alpha value is -1.51. The van der Waals surface area contributed by atoms with Crippen molar-refractivity contribution in [3.63, 3.8) is 0 Å². The lowest BCUT2D eigenvalue weighted by Crippen LogP contribution is -2.39. The highest BCUT2D eigenvalue weighted by molar-refractivity contribution is 5.97. The maximum Gasteiger partial charge on any atom is 0.257 e. The smallest absolute Gasteiger partial charge is 0.257 e. The Morgan fingerprint density at radius 2 is 1.95 bits per heavy atom. The van der Waals surface area contributed by atoms with E-state index < -0.39 is 0 Å². The summed E-state index contributed by atoms with van der Waals surface area (Å²) in [5, 5.41) is 0. The highest BCUT2D eigenvalue weighted by Gasteiger charge is 2.26. The molecule has 0 atom stereocenters. The third-order valence-corrected chi connectivity index (χ3v) is 4.42. The number of carbonyl (C=O) groups is 1. The standard InChI is InChI=1S/C17H25NO2/c1-12(2)14-8-10-18(11-9-14)17(19)15-7-5-6-13(3)16(15)20-4/h5-7,12,14H,8-11H2,1-4H3. The average molecular weight is 275 g/mol. The van der Waals surface area contributed by atoms with Gasteiger partial charge in [0.05, 0.1) is 12.7 Å². The summed E-state index contributed by atoms with van der Waals surface area (Å²) in [6, 6.07) is 5.76. The predicted molar refractivity (Wildman–Crippen MR) is 81.2 cm³/mol. The Kier molecular flexibility index (Phi) is 4.69. The van der Waals surface area contributed by atoms with E-state index in [2.05, 4.69) is 13.8 Å². The van der Waals surface area contributed by atoms with Gasteiger partial charge in [0.25, 0.3) is 5.91 Å². The first-order valence-corrected chi connectivity index (χ1v) is 7.47. The van der Waals surface area contributed by atoms with Crippen molar-refractivity contribution in [2.45, 2.75) is 33.6 Å². The number of benzene rings is 1. The quantitative estimate of drug-likeness (QED) is 0.845. The lowest BCUT2D eigenvalue weighted by molar-refractivity contribution is 0.0664. The molecule has 110 valence electrons. The first-order chi connectivity index (χ1) is 9.54. The number of rotatable bonds is 3. The summed E-state index contributed by atoms with van der Waals surface area (Å²) >= 11 is 0. The summed E-state index contributed by atoms with van der Waals surface area (Å²) < 4.78 is 5.40. The number of hydrogen-bond donors (Lipinski definition) is 0. The zero-order valence-electron chi connectivity index (χ0n) is 13.0. The van der Waals surface area contributed by atoms with Crippen LogP contribution in [0.5, 0.6) is 5.75 Å². The second kappa shape index (κ2) is 6.29. The molecule has 0 aromatic heterocycles. The molecule has 3 nitrogen and oxygen atoms in total. The minimum atomic E-state index is 0.104. The zero-order valence-corrected chi connectivity index (χ0v) is 13.0. The van der Waals surface area contributed by atoms with Crippen LogP contribution in [0.3, 0.4) is 0 Å². The van der Waals surface area contributed by atoms with Gasteiger partial charge in [-0.25, -0.2) is 0 Å². The van der Waals surface area contributed by atoms with Gasteiger partial charge in [-0.1, -0.05) is 26.0 Å². The van der Waals surface area contributed by atoms with E-state index in [1.165, 1.54) is 0 Å². The van der Waals surface area contributed by atoms with Gasteiger partial charge in [-0.05, 0) is 43.2 Å². The largest absolute Gasteiger partial charge is 0.496 e. The van der Waals surface area contributed by atoms with E-state index in [4.69, 9.17) is 4.74 Å². The third kappa shape index (κ3) is 2.97. The van der Waals surface area contributed by atoms with Crippen LogP contribution in [0.1, 0.15) is 42.6 Å². The van der Waals surface area contributed by atoms with Crippen molar-refractivity contribution in [3.05, 3.63) is 29.3 Å². The number of nitrogens with zero attached hydrogens (tertiary/aromatic N) is 1. The van der Waals surface area contributed by atoms with Crippen LogP contribution in [0.15, 0.2) is 18.2 Å². The van der Waals surface area contributed by atoms with Gasteiger partial charge in [-0.3, -0.25) is 4.79 Å². The van der Waals surface area contributed by atoms with Gasteiger partial charge in [-0.15, -0.1) is 0 Å². The van der Waals surface area contributed by atoms with Crippen molar-refractivity contribution in [3.8, 4) is 5.75 Å². The highest BCUT2D eigenvalue weighted by atomic mass is 16.5. The maximum atomic E-state index is 12.7. The minimum Gasteiger partial charge on any atom is -0.496 e. The van der Waals surface area contributed by atoms with Gasteiger partial charge < -0.3 is 9.64 Å². The van der Waals surface area contributed by atoms with Gasteiger partial charge in [0, 0.05) is 13.1 Å². The number of piperidine rings is 1. The number of methoxy groups -OCH3 is 1. The Bertz CT molecular complexity index is 474. The molecule has 0 saturated carbocycles. The molecule has 0 bridgehead atoms. The topological polar surface area (TPSA) is 29.5 Å². The van der Waals surface area contributed by atoms with E-state index in [0.717, 1.165) is 37.4 Å². The highest BCUT2D eigenvalue weighted by Crippen LogP contribution is 2.28. The fourth-order valence-corrected chi connectivity index (χ4v) is 3.03. The molecule has 0 unspecified atom stereocenters. The van der Waals surface area contributed by atoms with Crippen molar-refractivity contribution >= 4 is 5.91 Å². The lowest BCUT2D eigenvalue weighted by atomic mass is 9.86. The van der Waals surface area contributed by atoms with Crippen molar-refractivity contribution < 1.29 is 9.53 Å². The molecule has 2 rings (SSSR count). The molecule has 1 aliphatic heterocycles. The molecule has 0 N–H and O–H groups in total. The predicted octanol–water partition coefficient (Wildman–Crippen LogP) is 3.51. The Morgan fingerprint density at radius 3 is 2.50 bits per heavy atom. The third-order valence-electron chi connectivity index (χ3n) is 4.42. The summed E-state index contributed by atoms with van der Waals surface area (Å²) in [4.78, 5) is 14.6. The van der Waals surface area contributed by atoms with E-state index in [9.17, 15) is 4.79 Å². The van der Waals surface area contributed by atoms with Gasteiger partial charge in [0.1, 0.15) is 5.75 Å². The lowest BCUT2D eigenvalue weighted by Gasteiger charge is -2.34. The van der Waals surface area contributed by atoms with Crippen molar-refractivity contribution in [1.29, 1.82) is 0 Å². The molecule has 1 aromatic rings. The average Bonchev–Trinajstić information content (AvgIpc) is 2.46. The fourth-order valence-electron chi connectivity index (χ4n) is 3.03. The molecule has 0 aliphatic carbocycles. The van der Waals surface area contributed by atoms with Gasteiger partial charge in [0.2, 0.25) is 0 Å². The maximum absolute atomic E-state index is 12.7. The van der Waals surface area contributed by atoms with Gasteiger partial charge in [-0.2, -0.15) is 0 Å². The zero-order chi connectivity index (χ0) is 14.7. The number of hydrogen-bond acceptors (Lipinski definition) is 2. The molecular formula is C17H25NO2. The molecule has 1 aromatic carbocycles. The van der Waals surface area contributed by atoms with Crippen LogP contribution < -0.4 is 4.74 Å². The normalized spacial score (nSPS) is 16.6. The number of likely N-dealkylation sites (tertiary alicyclic amines) is 1. The van der Waals surface area contributed by atoms with Crippen LogP contribution in [0.4, 0.5) is 0 Å². The second-order valence-corrected chi connectivity index (χ2v) is 6.03. The summed E-state index contributed by atoms with van der Waals surface area (Å²) in [5.41, 5.74) is 1.70. The minimum absolute atomic E-state index is 0.104. The molecule has 1 saturated heterocycles. The van der Waals surface area contributed by atoms with Crippen LogP contribution in [0.25, 0.3) is 0 Å². The molecule has 1 fully saturated rings. The summed E-state index contributed by atoms with van der Waals surface area (Å²) in [7, 11) is 1.63. The first-order valence-electron chi connectivity index (χ1n) is 7.47. The number of aryl methyl sites for hydroxylation is 1. The Labute approximate surface area is 121 Å². The van der Waals surface area contributed by atoms with Crippen molar-refractivity contribution in [2.75, 3.05) is 20.2 Å². The van der Waals surface area contributed by atoms with Gasteiger partial charge >= 0.3 is 0 Å². The van der Waals surface area contributed by atoms with E-state index in [0.29, 0.717) is 17.2 Å². The van der Waals surface area contributed by atoms with E-state index >= 15 is 0 Å². The van der Waals surface area contributed by atoms with E-state index in [1.54, 1.807) is 7.11 Å². The molecular weight excluding hydrogens is 250 g/mol. The van der Waals surface area contributed by atoms with Gasteiger partial charge in [0.15, 0.2) is 0 Å². The number of carbonyl (C=O) groups excluding carboxylic acids is 1. The second-order valence-electron chi connectivity index (χ2n) is 6.03. The number of ether oxygens (including phenoxy) is 1. The molecule has 20 heavy (non-hydrogen) atoms. The summed E-state index contributed by atoms with van der Waals surface area (Å²) in [5.74, 6) is 2.27. The molecule has 3 heteroatoms. The molecule has 1 aliphatic rings. The first kappa shape index (κ1) is 14.9. The monoisotopic (exact) mass is 275 g/mol. The van der Waals surface area contributed by atoms with E-state index in [-0.39, 0.29) is 5.91 Å². The number of para-hydroxylation sites is 1. The van der Waals surface area contributed by atoms with Crippen LogP contribution in [-0.2, 0) is 0 Å². The molecule has 0 spiro atoms. The van der Waals surface area contributed by atoms with Crippen LogP contribution in [-0.4, -0.2) is 31.0 Å².